The van der Waals surface area contributed by atoms with Crippen molar-refractivity contribution in [1.82, 2.24) is 4.98 Å². The van der Waals surface area contributed by atoms with Crippen LogP contribution in [-0.2, 0) is 6.18 Å². The van der Waals surface area contributed by atoms with E-state index in [1.165, 1.54) is 18.3 Å². The first-order chi connectivity index (χ1) is 16.2. The molecule has 2 aromatic heterocycles. The van der Waals surface area contributed by atoms with Crippen molar-refractivity contribution in [1.29, 1.82) is 5.26 Å². The summed E-state index contributed by atoms with van der Waals surface area (Å²) >= 11 is 0. The molecule has 0 spiro atoms. The number of pyridine rings is 1. The maximum Gasteiger partial charge on any atom is 0.416 e. The van der Waals surface area contributed by atoms with Crippen LogP contribution in [0.25, 0.3) is 11.0 Å². The average molecular weight is 470 g/mol. The number of aromatic nitrogens is 1. The number of rotatable bonds is 9. The topological polar surface area (TPSA) is 91.0 Å². The monoisotopic (exact) mass is 470 g/mol. The third-order valence-electron chi connectivity index (χ3n) is 5.54. The number of carbonyl (C=O) groups excluding carboxylic acids is 1. The molecular formula is C25H25F3N4O2. The second-order valence-corrected chi connectivity index (χ2v) is 8.13. The molecule has 0 aliphatic heterocycles. The molecule has 0 saturated heterocycles. The number of nitriles is 1. The van der Waals surface area contributed by atoms with E-state index in [2.05, 4.69) is 36.0 Å². The Morgan fingerprint density at radius 2 is 2.12 bits per heavy atom. The SMILES string of the molecule is C=CCC(CC(C)CC)Nc1cc2c(C(=O)Nc3cccc(C(F)(F)F)c3)c(C#N)oc2cn1. The maximum absolute atomic E-state index is 13.0. The summed E-state index contributed by atoms with van der Waals surface area (Å²) < 4.78 is 44.5. The first kappa shape index (κ1) is 24.8. The van der Waals surface area contributed by atoms with Gasteiger partial charge in [0.05, 0.1) is 11.8 Å². The van der Waals surface area contributed by atoms with Gasteiger partial charge in [0.1, 0.15) is 17.5 Å². The molecule has 0 aliphatic rings. The fraction of sp³-hybridized carbons (Fsp3) is 0.320. The van der Waals surface area contributed by atoms with Crippen LogP contribution in [-0.4, -0.2) is 16.9 Å². The molecule has 178 valence electrons. The van der Waals surface area contributed by atoms with Crippen molar-refractivity contribution in [2.75, 3.05) is 10.6 Å². The lowest BCUT2D eigenvalue weighted by molar-refractivity contribution is -0.137. The molecule has 2 heterocycles. The van der Waals surface area contributed by atoms with Crippen LogP contribution >= 0.6 is 0 Å². The van der Waals surface area contributed by atoms with E-state index in [-0.39, 0.29) is 28.6 Å². The number of amides is 1. The van der Waals surface area contributed by atoms with Crippen LogP contribution in [0.1, 0.15) is 54.8 Å². The highest BCUT2D eigenvalue weighted by Crippen LogP contribution is 2.32. The Bertz CT molecular complexity index is 1230. The van der Waals surface area contributed by atoms with Gasteiger partial charge in [-0.3, -0.25) is 4.79 Å². The molecule has 0 radical (unpaired) electrons. The van der Waals surface area contributed by atoms with Gasteiger partial charge >= 0.3 is 6.18 Å². The Labute approximate surface area is 195 Å². The predicted molar refractivity (Wildman–Crippen MR) is 124 cm³/mol. The second-order valence-electron chi connectivity index (χ2n) is 8.13. The molecule has 9 heteroatoms. The molecule has 0 fully saturated rings. The van der Waals surface area contributed by atoms with Crippen LogP contribution in [0.5, 0.6) is 0 Å². The summed E-state index contributed by atoms with van der Waals surface area (Å²) in [6.45, 7) is 8.07. The van der Waals surface area contributed by atoms with Gasteiger partial charge in [-0.1, -0.05) is 32.4 Å². The van der Waals surface area contributed by atoms with Gasteiger partial charge in [0, 0.05) is 17.1 Å². The van der Waals surface area contributed by atoms with Crippen LogP contribution in [0.3, 0.4) is 0 Å². The number of benzene rings is 1. The maximum atomic E-state index is 13.0. The fourth-order valence-corrected chi connectivity index (χ4v) is 3.63. The molecule has 1 aromatic carbocycles. The van der Waals surface area contributed by atoms with E-state index in [9.17, 15) is 23.2 Å². The van der Waals surface area contributed by atoms with Gasteiger partial charge in [0.2, 0.25) is 5.76 Å². The van der Waals surface area contributed by atoms with E-state index in [0.717, 1.165) is 25.0 Å². The Morgan fingerprint density at radius 3 is 2.76 bits per heavy atom. The summed E-state index contributed by atoms with van der Waals surface area (Å²) in [6.07, 6.45) is 1.30. The standard InChI is InChI=1S/C25H25F3N4O2/c1-4-7-17(10-15(3)5-2)31-22-12-19-21(14-30-22)34-20(13-29)23(19)24(33)32-18-9-6-8-16(11-18)25(26,27)28/h4,6,8-9,11-12,14-15,17H,1,5,7,10H2,2-3H3,(H,30,31)(H,32,33). The smallest absolute Gasteiger partial charge is 0.416 e. The highest BCUT2D eigenvalue weighted by Gasteiger charge is 2.31. The molecular weight excluding hydrogens is 445 g/mol. The average Bonchev–Trinajstić information content (AvgIpc) is 3.16. The molecule has 2 N–H and O–H groups in total. The Hall–Kier alpha value is -3.80. The molecule has 3 rings (SSSR count). The molecule has 0 aliphatic carbocycles. The Morgan fingerprint density at radius 1 is 1.35 bits per heavy atom. The lowest BCUT2D eigenvalue weighted by Gasteiger charge is -2.21. The van der Waals surface area contributed by atoms with Crippen LogP contribution < -0.4 is 10.6 Å². The summed E-state index contributed by atoms with van der Waals surface area (Å²) in [4.78, 5) is 17.3. The number of nitrogens with one attached hydrogen (secondary N) is 2. The number of alkyl halides is 3. The van der Waals surface area contributed by atoms with Gasteiger partial charge in [0.25, 0.3) is 5.91 Å². The number of hydrogen-bond acceptors (Lipinski definition) is 5. The van der Waals surface area contributed by atoms with Crippen molar-refractivity contribution >= 4 is 28.4 Å². The van der Waals surface area contributed by atoms with Gasteiger partial charge in [-0.15, -0.1) is 6.58 Å². The summed E-state index contributed by atoms with van der Waals surface area (Å²) in [5.74, 6) is -0.0372. The number of nitrogens with zero attached hydrogens (tertiary/aromatic N) is 2. The largest absolute Gasteiger partial charge is 0.443 e. The Balaban J connectivity index is 1.93. The highest BCUT2D eigenvalue weighted by molar-refractivity contribution is 6.14. The minimum Gasteiger partial charge on any atom is -0.443 e. The number of halogens is 3. The summed E-state index contributed by atoms with van der Waals surface area (Å²) in [5.41, 5.74) is -0.792. The van der Waals surface area contributed by atoms with Gasteiger partial charge in [-0.05, 0) is 43.0 Å². The summed E-state index contributed by atoms with van der Waals surface area (Å²) in [5, 5.41) is 15.6. The van der Waals surface area contributed by atoms with E-state index in [0.29, 0.717) is 23.5 Å². The van der Waals surface area contributed by atoms with Crippen LogP contribution in [0.4, 0.5) is 24.7 Å². The third-order valence-corrected chi connectivity index (χ3v) is 5.54. The molecule has 6 nitrogen and oxygen atoms in total. The molecule has 0 saturated carbocycles. The van der Waals surface area contributed by atoms with Crippen molar-refractivity contribution in [3.8, 4) is 6.07 Å². The molecule has 1 amide bonds. The van der Waals surface area contributed by atoms with Gasteiger partial charge in [-0.2, -0.15) is 18.4 Å². The van der Waals surface area contributed by atoms with Gasteiger partial charge < -0.3 is 15.1 Å². The van der Waals surface area contributed by atoms with Gasteiger partial charge in [-0.25, -0.2) is 4.98 Å². The quantitative estimate of drug-likeness (QED) is 0.337. The number of furan rings is 1. The van der Waals surface area contributed by atoms with Gasteiger partial charge in [0.15, 0.2) is 5.58 Å². The van der Waals surface area contributed by atoms with Crippen molar-refractivity contribution in [2.24, 2.45) is 5.92 Å². The van der Waals surface area contributed by atoms with E-state index in [1.54, 1.807) is 6.07 Å². The Kier molecular flexibility index (Phi) is 7.61. The second kappa shape index (κ2) is 10.4. The van der Waals surface area contributed by atoms with Crippen molar-refractivity contribution < 1.29 is 22.4 Å². The zero-order chi connectivity index (χ0) is 24.9. The van der Waals surface area contributed by atoms with Crippen LogP contribution in [0, 0.1) is 17.2 Å². The third kappa shape index (κ3) is 5.76. The van der Waals surface area contributed by atoms with Crippen molar-refractivity contribution in [3.63, 3.8) is 0 Å². The van der Waals surface area contributed by atoms with E-state index < -0.39 is 17.6 Å². The number of fused-ring (bicyclic) bond motifs is 1. The minimum absolute atomic E-state index is 0.0509. The minimum atomic E-state index is -4.55. The lowest BCUT2D eigenvalue weighted by Crippen LogP contribution is -2.22. The highest BCUT2D eigenvalue weighted by atomic mass is 19.4. The zero-order valence-corrected chi connectivity index (χ0v) is 18.9. The number of hydrogen-bond donors (Lipinski definition) is 2. The molecule has 2 atom stereocenters. The van der Waals surface area contributed by atoms with Crippen molar-refractivity contribution in [2.45, 2.75) is 45.3 Å². The van der Waals surface area contributed by atoms with E-state index in [4.69, 9.17) is 4.42 Å². The van der Waals surface area contributed by atoms with E-state index in [1.807, 2.05) is 12.1 Å². The van der Waals surface area contributed by atoms with Crippen LogP contribution in [0.2, 0.25) is 0 Å². The van der Waals surface area contributed by atoms with Crippen molar-refractivity contribution in [3.05, 3.63) is 66.1 Å². The predicted octanol–water partition coefficient (Wildman–Crippen LogP) is 6.76. The first-order valence-corrected chi connectivity index (χ1v) is 10.8. The fourth-order valence-electron chi connectivity index (χ4n) is 3.63. The number of anilines is 2. The summed E-state index contributed by atoms with van der Waals surface area (Å²) in [6, 6.07) is 7.78. The number of carbonyl (C=O) groups is 1. The molecule has 2 unspecified atom stereocenters. The summed E-state index contributed by atoms with van der Waals surface area (Å²) in [7, 11) is 0. The molecule has 34 heavy (non-hydrogen) atoms. The normalized spacial score (nSPS) is 13.2. The molecule has 3 aromatic rings. The molecule has 0 bridgehead atoms. The van der Waals surface area contributed by atoms with E-state index >= 15 is 0 Å². The zero-order valence-electron chi connectivity index (χ0n) is 18.9. The lowest BCUT2D eigenvalue weighted by atomic mass is 9.97. The van der Waals surface area contributed by atoms with Crippen LogP contribution in [0.15, 0.2) is 53.6 Å². The first-order valence-electron chi connectivity index (χ1n) is 10.8.